The second-order valence-electron chi connectivity index (χ2n) is 15.5. The summed E-state index contributed by atoms with van der Waals surface area (Å²) in [6, 6.07) is 6.82. The molecule has 10 nitrogen and oxygen atoms in total. The van der Waals surface area contributed by atoms with E-state index in [0.29, 0.717) is 18.4 Å². The molecule has 0 bridgehead atoms. The van der Waals surface area contributed by atoms with Gasteiger partial charge in [0.05, 0.1) is 13.2 Å². The molecule has 2 N–H and O–H groups in total. The molecular weight excluding hydrogens is 741 g/mol. The van der Waals surface area contributed by atoms with Gasteiger partial charge in [-0.25, -0.2) is 4.57 Å². The summed E-state index contributed by atoms with van der Waals surface area (Å²) in [6.45, 7) is 7.06. The summed E-state index contributed by atoms with van der Waals surface area (Å²) in [4.78, 5) is 47.9. The van der Waals surface area contributed by atoms with Gasteiger partial charge in [0, 0.05) is 24.9 Å². The van der Waals surface area contributed by atoms with Crippen molar-refractivity contribution in [2.45, 2.75) is 200 Å². The Bertz CT molecular complexity index is 1210. The summed E-state index contributed by atoms with van der Waals surface area (Å²) in [7, 11) is -4.57. The molecule has 0 spiro atoms. The monoisotopic (exact) mass is 822 g/mol. The molecule has 0 saturated carbocycles. The number of unbranched alkanes of at least 4 members (excludes halogenated alkanes) is 24. The Morgan fingerprint density at radius 1 is 0.632 bits per heavy atom. The van der Waals surface area contributed by atoms with Crippen molar-refractivity contribution in [2.24, 2.45) is 0 Å². The fourth-order valence-electron chi connectivity index (χ4n) is 6.61. The maximum Gasteiger partial charge on any atom is 0.472 e. The SMILES string of the molecule is C=Cc1ccc(C(=O)NCCOP(=O)(O)OC[C@H](COC(=O)CCCCCCCCCCCCCCC)OC(=O)CCCCCCCCCCCCCCC)cc1. The third-order valence-corrected chi connectivity index (χ3v) is 11.2. The first-order chi connectivity index (χ1) is 27.7. The molecule has 328 valence electrons. The molecule has 11 heteroatoms. The lowest BCUT2D eigenvalue weighted by Crippen LogP contribution is -2.30. The van der Waals surface area contributed by atoms with E-state index in [1.165, 1.54) is 122 Å². The molecular formula is C46H80NO9P. The summed E-state index contributed by atoms with van der Waals surface area (Å²) in [5.74, 6) is -1.25. The molecule has 1 rings (SSSR count). The number of hydrogen-bond donors (Lipinski definition) is 2. The second-order valence-corrected chi connectivity index (χ2v) is 16.9. The molecule has 0 radical (unpaired) electrons. The van der Waals surface area contributed by atoms with Crippen LogP contribution in [0.5, 0.6) is 0 Å². The average molecular weight is 822 g/mol. The van der Waals surface area contributed by atoms with Gasteiger partial charge in [0.2, 0.25) is 0 Å². The quantitative estimate of drug-likeness (QED) is 0.0376. The Kier molecular flexibility index (Phi) is 33.7. The number of phosphoric ester groups is 1. The number of carbonyl (C=O) groups is 3. The normalized spacial score (nSPS) is 12.8. The molecule has 57 heavy (non-hydrogen) atoms. The van der Waals surface area contributed by atoms with E-state index in [2.05, 4.69) is 25.7 Å². The number of hydrogen-bond acceptors (Lipinski definition) is 8. The summed E-state index contributed by atoms with van der Waals surface area (Å²) >= 11 is 0. The minimum absolute atomic E-state index is 0.0374. The molecule has 0 aromatic heterocycles. The Hall–Kier alpha value is -2.52. The molecule has 2 atom stereocenters. The van der Waals surface area contributed by atoms with Crippen LogP contribution in [-0.4, -0.2) is 55.2 Å². The van der Waals surface area contributed by atoms with Gasteiger partial charge in [-0.2, -0.15) is 0 Å². The van der Waals surface area contributed by atoms with Crippen molar-refractivity contribution >= 4 is 31.7 Å². The molecule has 1 amide bonds. The topological polar surface area (TPSA) is 137 Å². The third kappa shape index (κ3) is 32.1. The predicted octanol–water partition coefficient (Wildman–Crippen LogP) is 12.6. The van der Waals surface area contributed by atoms with Crippen LogP contribution in [0.25, 0.3) is 6.08 Å². The maximum absolute atomic E-state index is 12.7. The van der Waals surface area contributed by atoms with E-state index in [9.17, 15) is 23.8 Å². The number of nitrogens with one attached hydrogen (secondary N) is 1. The number of rotatable bonds is 40. The van der Waals surface area contributed by atoms with Crippen LogP contribution in [0.3, 0.4) is 0 Å². The van der Waals surface area contributed by atoms with Gasteiger partial charge < -0.3 is 19.7 Å². The van der Waals surface area contributed by atoms with Crippen LogP contribution in [0, 0.1) is 0 Å². The molecule has 0 fully saturated rings. The Morgan fingerprint density at radius 2 is 1.05 bits per heavy atom. The zero-order valence-electron chi connectivity index (χ0n) is 36.0. The van der Waals surface area contributed by atoms with Crippen LogP contribution in [0.1, 0.15) is 210 Å². The molecule has 0 aliphatic heterocycles. The summed E-state index contributed by atoms with van der Waals surface area (Å²) in [5.41, 5.74) is 1.30. The van der Waals surface area contributed by atoms with Crippen LogP contribution >= 0.6 is 7.82 Å². The molecule has 0 aliphatic carbocycles. The lowest BCUT2D eigenvalue weighted by molar-refractivity contribution is -0.161. The number of benzene rings is 1. The van der Waals surface area contributed by atoms with E-state index in [4.69, 9.17) is 18.5 Å². The van der Waals surface area contributed by atoms with Crippen molar-refractivity contribution in [3.05, 3.63) is 42.0 Å². The van der Waals surface area contributed by atoms with Crippen LogP contribution in [-0.2, 0) is 32.7 Å². The lowest BCUT2D eigenvalue weighted by atomic mass is 10.0. The largest absolute Gasteiger partial charge is 0.472 e. The molecule has 1 aromatic carbocycles. The van der Waals surface area contributed by atoms with Gasteiger partial charge in [-0.15, -0.1) is 0 Å². The lowest BCUT2D eigenvalue weighted by Gasteiger charge is -2.20. The van der Waals surface area contributed by atoms with Gasteiger partial charge in [-0.3, -0.25) is 23.4 Å². The van der Waals surface area contributed by atoms with Gasteiger partial charge in [0.25, 0.3) is 5.91 Å². The van der Waals surface area contributed by atoms with E-state index in [1.54, 1.807) is 30.3 Å². The van der Waals surface area contributed by atoms with Crippen molar-refractivity contribution in [2.75, 3.05) is 26.4 Å². The Labute approximate surface area is 346 Å². The molecule has 0 aliphatic rings. The standard InChI is InChI=1S/C46H80NO9P/c1-4-7-9-11-13-15-17-19-21-23-25-27-29-31-44(48)53-39-43(56-45(49)32-30-28-26-24-22-20-18-16-14-12-10-8-5-2)40-55-57(51,52)54-38-37-47-46(50)42-35-33-41(6-3)34-36-42/h6,33-36,43H,3-5,7-32,37-40H2,1-2H3,(H,47,50)(H,51,52)/t43-/m0/s1. The molecule has 0 heterocycles. The third-order valence-electron chi connectivity index (χ3n) is 10.2. The van der Waals surface area contributed by atoms with Crippen LogP contribution in [0.2, 0.25) is 0 Å². The number of ether oxygens (including phenoxy) is 2. The molecule has 1 aromatic rings. The van der Waals surface area contributed by atoms with E-state index in [1.807, 2.05) is 0 Å². The fourth-order valence-corrected chi connectivity index (χ4v) is 7.36. The number of carbonyl (C=O) groups excluding carboxylic acids is 3. The van der Waals surface area contributed by atoms with Crippen molar-refractivity contribution in [3.63, 3.8) is 0 Å². The average Bonchev–Trinajstić information content (AvgIpc) is 3.21. The first kappa shape index (κ1) is 52.5. The number of esters is 2. The van der Waals surface area contributed by atoms with Crippen molar-refractivity contribution in [3.8, 4) is 0 Å². The van der Waals surface area contributed by atoms with Gasteiger partial charge in [-0.05, 0) is 30.5 Å². The highest BCUT2D eigenvalue weighted by molar-refractivity contribution is 7.47. The van der Waals surface area contributed by atoms with E-state index in [0.717, 1.165) is 37.7 Å². The zero-order chi connectivity index (χ0) is 41.7. The van der Waals surface area contributed by atoms with Gasteiger partial charge in [0.15, 0.2) is 6.10 Å². The van der Waals surface area contributed by atoms with E-state index < -0.39 is 32.5 Å². The van der Waals surface area contributed by atoms with E-state index in [-0.39, 0.29) is 38.5 Å². The zero-order valence-corrected chi connectivity index (χ0v) is 36.9. The minimum atomic E-state index is -4.57. The summed E-state index contributed by atoms with van der Waals surface area (Å²) < 4.78 is 33.8. The summed E-state index contributed by atoms with van der Waals surface area (Å²) in [6.07, 6.45) is 32.3. The smallest absolute Gasteiger partial charge is 0.462 e. The van der Waals surface area contributed by atoms with Crippen LogP contribution in [0.15, 0.2) is 30.8 Å². The number of phosphoric acid groups is 1. The van der Waals surface area contributed by atoms with Crippen LogP contribution in [0.4, 0.5) is 0 Å². The first-order valence-electron chi connectivity index (χ1n) is 22.7. The highest BCUT2D eigenvalue weighted by Crippen LogP contribution is 2.43. The highest BCUT2D eigenvalue weighted by Gasteiger charge is 2.26. The Morgan fingerprint density at radius 3 is 1.49 bits per heavy atom. The van der Waals surface area contributed by atoms with Crippen molar-refractivity contribution < 1.29 is 42.4 Å². The van der Waals surface area contributed by atoms with Gasteiger partial charge >= 0.3 is 19.8 Å². The van der Waals surface area contributed by atoms with Crippen molar-refractivity contribution in [1.29, 1.82) is 0 Å². The molecule has 0 saturated heterocycles. The highest BCUT2D eigenvalue weighted by atomic mass is 31.2. The first-order valence-corrected chi connectivity index (χ1v) is 24.2. The van der Waals surface area contributed by atoms with E-state index >= 15 is 0 Å². The predicted molar refractivity (Wildman–Crippen MR) is 232 cm³/mol. The minimum Gasteiger partial charge on any atom is -0.462 e. The van der Waals surface area contributed by atoms with Gasteiger partial charge in [-0.1, -0.05) is 193 Å². The van der Waals surface area contributed by atoms with Crippen molar-refractivity contribution in [1.82, 2.24) is 5.32 Å². The van der Waals surface area contributed by atoms with Crippen LogP contribution < -0.4 is 5.32 Å². The van der Waals surface area contributed by atoms with Gasteiger partial charge in [0.1, 0.15) is 6.61 Å². The molecule has 1 unspecified atom stereocenters. The maximum atomic E-state index is 12.7. The number of amides is 1. The summed E-state index contributed by atoms with van der Waals surface area (Å²) in [5, 5.41) is 2.62. The fraction of sp³-hybridized carbons (Fsp3) is 0.761. The Balaban J connectivity index is 2.41. The second kappa shape index (κ2) is 36.6.